The van der Waals surface area contributed by atoms with E-state index in [2.05, 4.69) is 20.5 Å². The zero-order chi connectivity index (χ0) is 22.6. The fourth-order valence-corrected chi connectivity index (χ4v) is 3.41. The summed E-state index contributed by atoms with van der Waals surface area (Å²) in [6.07, 6.45) is 2.16. The average Bonchev–Trinajstić information content (AvgIpc) is 2.69. The van der Waals surface area contributed by atoms with Crippen molar-refractivity contribution in [1.29, 1.82) is 0 Å². The molecule has 9 heteroatoms. The maximum Gasteiger partial charge on any atom is 0.412 e. The molecule has 0 radical (unpaired) electrons. The van der Waals surface area contributed by atoms with E-state index >= 15 is 0 Å². The second-order valence-corrected chi connectivity index (χ2v) is 8.84. The van der Waals surface area contributed by atoms with Crippen molar-refractivity contribution in [2.45, 2.75) is 39.2 Å². The third kappa shape index (κ3) is 6.55. The lowest BCUT2D eigenvalue weighted by molar-refractivity contribution is -0.120. The molecule has 0 saturated carbocycles. The molecule has 0 unspecified atom stereocenters. The summed E-state index contributed by atoms with van der Waals surface area (Å²) in [4.78, 5) is 31.3. The van der Waals surface area contributed by atoms with E-state index in [0.29, 0.717) is 31.0 Å². The molecule has 1 aromatic carbocycles. The van der Waals surface area contributed by atoms with Crippen molar-refractivity contribution in [2.75, 3.05) is 28.6 Å². The predicted molar refractivity (Wildman–Crippen MR) is 119 cm³/mol. The molecule has 0 aliphatic carbocycles. The van der Waals surface area contributed by atoms with Crippen molar-refractivity contribution in [2.24, 2.45) is 5.92 Å². The van der Waals surface area contributed by atoms with Crippen molar-refractivity contribution in [3.05, 3.63) is 47.4 Å². The van der Waals surface area contributed by atoms with E-state index in [4.69, 9.17) is 16.3 Å². The SMILES string of the molecule is CC(C)(C)OC(=O)Nc1ccc(F)cc1NC(=O)C1CCN(c2ccc(Cl)cn2)CC1. The molecule has 31 heavy (non-hydrogen) atoms. The monoisotopic (exact) mass is 448 g/mol. The number of rotatable bonds is 4. The van der Waals surface area contributed by atoms with Crippen LogP contribution in [-0.2, 0) is 9.53 Å². The van der Waals surface area contributed by atoms with Gasteiger partial charge >= 0.3 is 6.09 Å². The van der Waals surface area contributed by atoms with E-state index in [0.717, 1.165) is 5.82 Å². The number of hydrogen-bond acceptors (Lipinski definition) is 5. The lowest BCUT2D eigenvalue weighted by atomic mass is 9.95. The molecule has 2 heterocycles. The van der Waals surface area contributed by atoms with Gasteiger partial charge in [0.25, 0.3) is 0 Å². The van der Waals surface area contributed by atoms with Gasteiger partial charge in [-0.05, 0) is 63.9 Å². The highest BCUT2D eigenvalue weighted by Gasteiger charge is 2.26. The number of carbonyl (C=O) groups excluding carboxylic acids is 2. The van der Waals surface area contributed by atoms with Crippen molar-refractivity contribution < 1.29 is 18.7 Å². The largest absolute Gasteiger partial charge is 0.444 e. The van der Waals surface area contributed by atoms with Gasteiger partial charge in [0.2, 0.25) is 5.91 Å². The number of aromatic nitrogens is 1. The Kier molecular flexibility index (Phi) is 7.00. The van der Waals surface area contributed by atoms with Gasteiger partial charge < -0.3 is 15.0 Å². The number of pyridine rings is 1. The van der Waals surface area contributed by atoms with Crippen LogP contribution in [0.1, 0.15) is 33.6 Å². The van der Waals surface area contributed by atoms with Gasteiger partial charge in [0.15, 0.2) is 0 Å². The normalized spacial score (nSPS) is 14.8. The minimum absolute atomic E-state index is 0.192. The van der Waals surface area contributed by atoms with Crippen LogP contribution in [0.3, 0.4) is 0 Å². The number of anilines is 3. The molecule has 7 nitrogen and oxygen atoms in total. The highest BCUT2D eigenvalue weighted by atomic mass is 35.5. The summed E-state index contributed by atoms with van der Waals surface area (Å²) in [6.45, 7) is 6.56. The molecule has 1 saturated heterocycles. The summed E-state index contributed by atoms with van der Waals surface area (Å²) in [5.41, 5.74) is -0.218. The number of piperidine rings is 1. The Balaban J connectivity index is 1.62. The lowest BCUT2D eigenvalue weighted by Crippen LogP contribution is -2.38. The number of halogens is 2. The average molecular weight is 449 g/mol. The van der Waals surface area contributed by atoms with Gasteiger partial charge in [-0.2, -0.15) is 0 Å². The topological polar surface area (TPSA) is 83.6 Å². The molecule has 1 aliphatic heterocycles. The zero-order valence-corrected chi connectivity index (χ0v) is 18.5. The fraction of sp³-hybridized carbons (Fsp3) is 0.409. The van der Waals surface area contributed by atoms with E-state index in [-0.39, 0.29) is 23.2 Å². The summed E-state index contributed by atoms with van der Waals surface area (Å²) in [6, 6.07) is 7.41. The minimum atomic E-state index is -0.682. The van der Waals surface area contributed by atoms with Gasteiger partial charge in [-0.15, -0.1) is 0 Å². The Bertz CT molecular complexity index is 939. The highest BCUT2D eigenvalue weighted by Crippen LogP contribution is 2.27. The maximum atomic E-state index is 13.8. The molecule has 0 spiro atoms. The van der Waals surface area contributed by atoms with Crippen LogP contribution in [0.25, 0.3) is 0 Å². The van der Waals surface area contributed by atoms with Gasteiger partial charge in [0, 0.05) is 25.2 Å². The number of benzene rings is 1. The molecule has 1 aliphatic rings. The Labute approximate surface area is 185 Å². The van der Waals surface area contributed by atoms with Crippen molar-refractivity contribution in [3.8, 4) is 0 Å². The van der Waals surface area contributed by atoms with Gasteiger partial charge in [-0.3, -0.25) is 10.1 Å². The first kappa shape index (κ1) is 22.8. The van der Waals surface area contributed by atoms with Gasteiger partial charge in [0.05, 0.1) is 16.4 Å². The summed E-state index contributed by atoms with van der Waals surface area (Å²) in [5, 5.41) is 5.89. The molecular formula is C22H26ClFN4O3. The second kappa shape index (κ2) is 9.51. The number of hydrogen-bond donors (Lipinski definition) is 2. The molecule has 1 fully saturated rings. The smallest absolute Gasteiger partial charge is 0.412 e. The van der Waals surface area contributed by atoms with Crippen LogP contribution in [0.5, 0.6) is 0 Å². The fourth-order valence-electron chi connectivity index (χ4n) is 3.30. The standard InChI is InChI=1S/C22H26ClFN4O3/c1-22(2,3)31-21(30)27-17-6-5-16(24)12-18(17)26-20(29)14-8-10-28(11-9-14)19-7-4-15(23)13-25-19/h4-7,12-14H,8-11H2,1-3H3,(H,26,29)(H,27,30). The lowest BCUT2D eigenvalue weighted by Gasteiger charge is -2.32. The van der Waals surface area contributed by atoms with E-state index in [1.54, 1.807) is 33.0 Å². The van der Waals surface area contributed by atoms with E-state index in [1.807, 2.05) is 6.07 Å². The molecular weight excluding hydrogens is 423 g/mol. The number of amides is 2. The number of nitrogens with one attached hydrogen (secondary N) is 2. The Hall–Kier alpha value is -2.87. The summed E-state index contributed by atoms with van der Waals surface area (Å²) < 4.78 is 19.0. The Morgan fingerprint density at radius 2 is 1.84 bits per heavy atom. The summed E-state index contributed by atoms with van der Waals surface area (Å²) in [5.74, 6) is -0.159. The molecule has 3 rings (SSSR count). The Morgan fingerprint density at radius 3 is 2.45 bits per heavy atom. The number of carbonyl (C=O) groups is 2. The van der Waals surface area contributed by atoms with Crippen LogP contribution in [-0.4, -0.2) is 35.7 Å². The van der Waals surface area contributed by atoms with Crippen LogP contribution in [0.4, 0.5) is 26.4 Å². The molecule has 0 bridgehead atoms. The highest BCUT2D eigenvalue weighted by molar-refractivity contribution is 6.30. The molecule has 2 N–H and O–H groups in total. The van der Waals surface area contributed by atoms with Crippen LogP contribution in [0.15, 0.2) is 36.5 Å². The minimum Gasteiger partial charge on any atom is -0.444 e. The molecule has 166 valence electrons. The van der Waals surface area contributed by atoms with Gasteiger partial charge in [0.1, 0.15) is 17.2 Å². The molecule has 1 aromatic heterocycles. The summed E-state index contributed by atoms with van der Waals surface area (Å²) in [7, 11) is 0. The van der Waals surface area contributed by atoms with E-state index in [1.165, 1.54) is 18.2 Å². The maximum absolute atomic E-state index is 13.8. The van der Waals surface area contributed by atoms with Crippen LogP contribution < -0.4 is 15.5 Å². The summed E-state index contributed by atoms with van der Waals surface area (Å²) >= 11 is 5.88. The second-order valence-electron chi connectivity index (χ2n) is 8.40. The number of ether oxygens (including phenoxy) is 1. The van der Waals surface area contributed by atoms with Crippen molar-refractivity contribution in [1.82, 2.24) is 4.98 Å². The first-order valence-electron chi connectivity index (χ1n) is 10.1. The molecule has 0 atom stereocenters. The third-order valence-corrected chi connectivity index (χ3v) is 5.00. The van der Waals surface area contributed by atoms with Gasteiger partial charge in [-0.1, -0.05) is 11.6 Å². The predicted octanol–water partition coefficient (Wildman–Crippen LogP) is 5.08. The van der Waals surface area contributed by atoms with Crippen LogP contribution in [0.2, 0.25) is 5.02 Å². The quantitative estimate of drug-likeness (QED) is 0.681. The first-order valence-corrected chi connectivity index (χ1v) is 10.5. The van der Waals surface area contributed by atoms with Crippen molar-refractivity contribution >= 4 is 40.8 Å². The van der Waals surface area contributed by atoms with Gasteiger partial charge in [-0.25, -0.2) is 14.2 Å². The zero-order valence-electron chi connectivity index (χ0n) is 17.7. The third-order valence-electron chi connectivity index (χ3n) is 4.78. The number of nitrogens with zero attached hydrogens (tertiary/aromatic N) is 2. The van der Waals surface area contributed by atoms with Crippen LogP contribution >= 0.6 is 11.6 Å². The van der Waals surface area contributed by atoms with E-state index in [9.17, 15) is 14.0 Å². The van der Waals surface area contributed by atoms with Crippen molar-refractivity contribution in [3.63, 3.8) is 0 Å². The molecule has 2 aromatic rings. The van der Waals surface area contributed by atoms with E-state index < -0.39 is 17.5 Å². The first-order chi connectivity index (χ1) is 14.6. The molecule has 2 amide bonds. The van der Waals surface area contributed by atoms with Crippen LogP contribution in [0, 0.1) is 11.7 Å². The Morgan fingerprint density at radius 1 is 1.13 bits per heavy atom.